The van der Waals surface area contributed by atoms with E-state index in [1.807, 2.05) is 0 Å². The highest BCUT2D eigenvalue weighted by molar-refractivity contribution is 6.71. The second-order valence-electron chi connectivity index (χ2n) is 12.4. The molecular weight excluding hydrogens is 495 g/mol. The second kappa shape index (κ2) is 9.84. The number of rotatable bonds is 2. The Bertz CT molecular complexity index is 2050. The Morgan fingerprint density at radius 2 is 0.571 bits per heavy atom. The van der Waals surface area contributed by atoms with Gasteiger partial charge in [-0.05, 0) is 77.5 Å². The van der Waals surface area contributed by atoms with Crippen molar-refractivity contribution in [3.05, 3.63) is 84.9 Å². The van der Waals surface area contributed by atoms with Crippen molar-refractivity contribution in [3.63, 3.8) is 0 Å². The Balaban J connectivity index is 1.81. The lowest BCUT2D eigenvalue weighted by Gasteiger charge is -2.28. The molecule has 8 heteroatoms. The molecule has 0 aliphatic rings. The third kappa shape index (κ3) is 3.81. The van der Waals surface area contributed by atoms with Crippen LogP contribution in [0.15, 0.2) is 84.9 Å². The highest BCUT2D eigenvalue weighted by Crippen LogP contribution is 2.41. The lowest BCUT2D eigenvalue weighted by molar-refractivity contribution is 1.71. The molecule has 0 fully saturated rings. The summed E-state index contributed by atoms with van der Waals surface area (Å²) < 4.78 is 0. The topological polar surface area (TPSA) is 0 Å². The van der Waals surface area contributed by atoms with Gasteiger partial charge in [0, 0.05) is 0 Å². The normalized spacial score (nSPS) is 11.6. The van der Waals surface area contributed by atoms with E-state index >= 15 is 0 Å². The molecule has 0 saturated heterocycles. The summed E-state index contributed by atoms with van der Waals surface area (Å²) in [5.74, 6) is 0. The van der Waals surface area contributed by atoms with E-state index < -0.39 is 0 Å². The van der Waals surface area contributed by atoms with Crippen LogP contribution in [0.5, 0.6) is 0 Å². The number of hydrogen-bond donors (Lipinski definition) is 0. The van der Waals surface area contributed by atoms with Crippen molar-refractivity contribution in [1.29, 1.82) is 0 Å². The van der Waals surface area contributed by atoms with Crippen LogP contribution in [0.4, 0.5) is 0 Å². The van der Waals surface area contributed by atoms with Gasteiger partial charge in [-0.2, -0.15) is 0 Å². The van der Waals surface area contributed by atoms with Crippen LogP contribution < -0.4 is 43.7 Å². The van der Waals surface area contributed by atoms with Gasteiger partial charge in [0.1, 0.15) is 62.8 Å². The van der Waals surface area contributed by atoms with Gasteiger partial charge in [-0.15, -0.1) is 21.9 Å². The zero-order valence-electron chi connectivity index (χ0n) is 26.1. The van der Waals surface area contributed by atoms with E-state index in [1.165, 1.54) is 109 Å². The lowest BCUT2D eigenvalue weighted by Crippen LogP contribution is -2.50. The van der Waals surface area contributed by atoms with E-state index in [-0.39, 0.29) is 0 Å². The fourth-order valence-corrected chi connectivity index (χ4v) is 7.39. The molecule has 0 amide bonds. The third-order valence-corrected chi connectivity index (χ3v) is 10.5. The third-order valence-electron chi connectivity index (χ3n) is 10.5. The Morgan fingerprint density at radius 3 is 0.881 bits per heavy atom. The lowest BCUT2D eigenvalue weighted by atomic mass is 9.59. The average molecular weight is 525 g/mol. The maximum atomic E-state index is 2.41. The van der Waals surface area contributed by atoms with Crippen molar-refractivity contribution in [3.8, 4) is 22.3 Å². The molecule has 7 aromatic rings. The zero-order valence-corrected chi connectivity index (χ0v) is 26.1. The van der Waals surface area contributed by atoms with Gasteiger partial charge in [-0.1, -0.05) is 94.6 Å². The largest absolute Gasteiger partial charge is 0.139 e. The molecule has 0 radical (unpaired) electrons. The summed E-state index contributed by atoms with van der Waals surface area (Å²) in [5, 5.41) is 10.7. The molecule has 7 rings (SSSR count). The predicted octanol–water partition coefficient (Wildman–Crippen LogP) is -4.30. The van der Waals surface area contributed by atoms with Gasteiger partial charge in [0.2, 0.25) is 0 Å². The minimum Gasteiger partial charge on any atom is -0.101 e. The first-order valence-electron chi connectivity index (χ1n) is 15.1. The molecular formula is C34H30B8. The van der Waals surface area contributed by atoms with E-state index in [2.05, 4.69) is 148 Å². The number of fused-ring (bicyclic) bond motifs is 4. The molecule has 0 aliphatic carbocycles. The fraction of sp³-hybridized carbons (Fsp3) is 0. The SMILES string of the molecule is Bc1c(B)c(B)c2c(-c3ccc4ccccc4c3)c3c(B)c(B)c(B)c(B)c3c(-c3ccc4ccccc4c3)c2c1B. The maximum Gasteiger partial charge on any atom is 0.139 e. The number of hydrogen-bond acceptors (Lipinski definition) is 0. The van der Waals surface area contributed by atoms with Gasteiger partial charge in [-0.3, -0.25) is 0 Å². The summed E-state index contributed by atoms with van der Waals surface area (Å²) in [7, 11) is 18.6. The molecule has 7 aromatic carbocycles. The van der Waals surface area contributed by atoms with E-state index in [0.717, 1.165) is 0 Å². The molecule has 190 valence electrons. The first-order valence-corrected chi connectivity index (χ1v) is 15.1. The Kier molecular flexibility index (Phi) is 6.32. The highest BCUT2D eigenvalue weighted by atomic mass is 14.2. The van der Waals surface area contributed by atoms with Gasteiger partial charge in [0.25, 0.3) is 0 Å². The molecule has 0 spiro atoms. The Hall–Kier alpha value is -3.90. The summed E-state index contributed by atoms with van der Waals surface area (Å²) in [6.45, 7) is 0. The molecule has 0 aromatic heterocycles. The summed E-state index contributed by atoms with van der Waals surface area (Å²) in [6.07, 6.45) is 0. The van der Waals surface area contributed by atoms with Crippen molar-refractivity contribution in [2.24, 2.45) is 0 Å². The van der Waals surface area contributed by atoms with Gasteiger partial charge in [0.15, 0.2) is 0 Å². The van der Waals surface area contributed by atoms with Gasteiger partial charge < -0.3 is 0 Å². The molecule has 0 nitrogen and oxygen atoms in total. The van der Waals surface area contributed by atoms with Crippen molar-refractivity contribution in [1.82, 2.24) is 0 Å². The minimum atomic E-state index is 1.28. The first kappa shape index (κ1) is 27.0. The van der Waals surface area contributed by atoms with Crippen LogP contribution >= 0.6 is 0 Å². The van der Waals surface area contributed by atoms with Crippen molar-refractivity contribution >= 4 is 150 Å². The summed E-state index contributed by atoms with van der Waals surface area (Å²) in [5.41, 5.74) is 16.5. The molecule has 0 unspecified atom stereocenters. The van der Waals surface area contributed by atoms with Crippen LogP contribution in [-0.2, 0) is 0 Å². The van der Waals surface area contributed by atoms with Gasteiger partial charge in [0.05, 0.1) is 0 Å². The van der Waals surface area contributed by atoms with Crippen molar-refractivity contribution in [2.45, 2.75) is 0 Å². The summed E-state index contributed by atoms with van der Waals surface area (Å²) >= 11 is 0. The first-order chi connectivity index (χ1) is 20.2. The van der Waals surface area contributed by atoms with Crippen LogP contribution in [0, 0.1) is 0 Å². The molecule has 42 heavy (non-hydrogen) atoms. The quantitative estimate of drug-likeness (QED) is 0.159. The maximum absolute atomic E-state index is 2.41. The van der Waals surface area contributed by atoms with Crippen LogP contribution in [0.25, 0.3) is 65.3 Å². The smallest absolute Gasteiger partial charge is 0.101 e. The van der Waals surface area contributed by atoms with Crippen LogP contribution in [0.2, 0.25) is 0 Å². The summed E-state index contributed by atoms with van der Waals surface area (Å²) in [4.78, 5) is 0. The zero-order chi connectivity index (χ0) is 29.4. The Morgan fingerprint density at radius 1 is 0.286 bits per heavy atom. The van der Waals surface area contributed by atoms with Gasteiger partial charge in [-0.25, -0.2) is 0 Å². The van der Waals surface area contributed by atoms with E-state index in [1.54, 1.807) is 0 Å². The molecule has 0 bridgehead atoms. The monoisotopic (exact) mass is 526 g/mol. The second-order valence-corrected chi connectivity index (χ2v) is 12.4. The average Bonchev–Trinajstić information content (AvgIpc) is 3.02. The predicted molar refractivity (Wildman–Crippen MR) is 213 cm³/mol. The molecule has 0 saturated carbocycles. The van der Waals surface area contributed by atoms with Crippen molar-refractivity contribution < 1.29 is 0 Å². The molecule has 0 aliphatic heterocycles. The van der Waals surface area contributed by atoms with Crippen LogP contribution in [0.3, 0.4) is 0 Å². The van der Waals surface area contributed by atoms with E-state index in [0.29, 0.717) is 0 Å². The van der Waals surface area contributed by atoms with E-state index in [4.69, 9.17) is 0 Å². The summed E-state index contributed by atoms with van der Waals surface area (Å²) in [6, 6.07) is 31.6. The number of benzene rings is 7. The van der Waals surface area contributed by atoms with Crippen molar-refractivity contribution in [2.75, 3.05) is 0 Å². The standard InChI is InChI=1S/C34H30B8/c35-27-23-21(19-11-9-15-5-1-3-7-17(15)13-19)24-26(30(38)34(42)32(40)28(24)36)22(25(23)29(37)33(41)31(27)39)20-12-10-16-6-2-4-8-18(16)14-20/h1-14H,35-42H2. The fourth-order valence-electron chi connectivity index (χ4n) is 7.39. The van der Waals surface area contributed by atoms with Crippen LogP contribution in [-0.4, -0.2) is 62.8 Å². The molecule has 0 heterocycles. The Labute approximate surface area is 255 Å². The van der Waals surface area contributed by atoms with Crippen LogP contribution in [0.1, 0.15) is 0 Å². The highest BCUT2D eigenvalue weighted by Gasteiger charge is 2.25. The molecule has 0 atom stereocenters. The molecule has 0 N–H and O–H groups in total. The van der Waals surface area contributed by atoms with Gasteiger partial charge >= 0.3 is 0 Å². The van der Waals surface area contributed by atoms with E-state index in [9.17, 15) is 0 Å². The minimum absolute atomic E-state index is 1.28.